The van der Waals surface area contributed by atoms with Crippen LogP contribution in [-0.2, 0) is 9.59 Å². The van der Waals surface area contributed by atoms with Gasteiger partial charge in [-0.25, -0.2) is 0 Å². The van der Waals surface area contributed by atoms with Gasteiger partial charge in [0.05, 0.1) is 17.4 Å². The number of rotatable bonds is 4. The molecule has 1 saturated carbocycles. The van der Waals surface area contributed by atoms with Gasteiger partial charge in [0.1, 0.15) is 0 Å². The highest BCUT2D eigenvalue weighted by Gasteiger charge is 2.35. The summed E-state index contributed by atoms with van der Waals surface area (Å²) in [6.07, 6.45) is 2.63. The summed E-state index contributed by atoms with van der Waals surface area (Å²) in [5, 5.41) is 11.1. The zero-order valence-electron chi connectivity index (χ0n) is 15.0. The zero-order chi connectivity index (χ0) is 19.4. The van der Waals surface area contributed by atoms with E-state index >= 15 is 0 Å². The monoisotopic (exact) mass is 386 g/mol. The van der Waals surface area contributed by atoms with Crippen molar-refractivity contribution in [2.45, 2.75) is 32.6 Å². The standard InChI is InChI=1S/C20H22N2O4S/c1-12-17(13-7-3-2-4-8-13)16(11-27-12)19(24)22-21-18(23)14-9-5-6-10-15(14)20(25)26/h2-4,7-8,11,14-15H,5-6,9-10H2,1H3,(H,21,23)(H,22,24)(H,25,26)/t14-,15+/m0/s1. The van der Waals surface area contributed by atoms with Crippen molar-refractivity contribution in [3.63, 3.8) is 0 Å². The number of benzene rings is 1. The Morgan fingerprint density at radius 3 is 2.37 bits per heavy atom. The van der Waals surface area contributed by atoms with Crippen molar-refractivity contribution >= 4 is 29.1 Å². The van der Waals surface area contributed by atoms with Crippen LogP contribution in [0.15, 0.2) is 35.7 Å². The molecule has 2 amide bonds. The van der Waals surface area contributed by atoms with Crippen molar-refractivity contribution in [2.24, 2.45) is 11.8 Å². The smallest absolute Gasteiger partial charge is 0.307 e. The number of hydrogen-bond acceptors (Lipinski definition) is 4. The Hall–Kier alpha value is -2.67. The Morgan fingerprint density at radius 2 is 1.70 bits per heavy atom. The third-order valence-corrected chi connectivity index (χ3v) is 5.91. The van der Waals surface area contributed by atoms with Crippen LogP contribution in [-0.4, -0.2) is 22.9 Å². The van der Waals surface area contributed by atoms with Crippen LogP contribution in [0.4, 0.5) is 0 Å². The fourth-order valence-electron chi connectivity index (χ4n) is 3.60. The topological polar surface area (TPSA) is 95.5 Å². The number of hydrogen-bond donors (Lipinski definition) is 3. The number of aryl methyl sites for hydroxylation is 1. The Balaban J connectivity index is 1.70. The third kappa shape index (κ3) is 4.19. The maximum Gasteiger partial charge on any atom is 0.307 e. The number of carboxylic acids is 1. The lowest BCUT2D eigenvalue weighted by Crippen LogP contribution is -2.47. The van der Waals surface area contributed by atoms with Gasteiger partial charge in [0.2, 0.25) is 5.91 Å². The van der Waals surface area contributed by atoms with Crippen molar-refractivity contribution < 1.29 is 19.5 Å². The number of hydrazine groups is 1. The molecule has 2 aromatic rings. The summed E-state index contributed by atoms with van der Waals surface area (Å²) >= 11 is 1.47. The molecule has 27 heavy (non-hydrogen) atoms. The van der Waals surface area contributed by atoms with Gasteiger partial charge in [-0.15, -0.1) is 11.3 Å². The van der Waals surface area contributed by atoms with Crippen molar-refractivity contribution in [3.05, 3.63) is 46.2 Å². The van der Waals surface area contributed by atoms with Crippen LogP contribution in [0.2, 0.25) is 0 Å². The second-order valence-corrected chi connectivity index (χ2v) is 7.81. The molecule has 3 N–H and O–H groups in total. The summed E-state index contributed by atoms with van der Waals surface area (Å²) < 4.78 is 0. The van der Waals surface area contributed by atoms with E-state index in [2.05, 4.69) is 10.9 Å². The Bertz CT molecular complexity index is 847. The van der Waals surface area contributed by atoms with E-state index in [0.29, 0.717) is 18.4 Å². The van der Waals surface area contributed by atoms with Crippen LogP contribution in [0, 0.1) is 18.8 Å². The van der Waals surface area contributed by atoms with Crippen LogP contribution in [0.3, 0.4) is 0 Å². The lowest BCUT2D eigenvalue weighted by molar-refractivity contribution is -0.149. The van der Waals surface area contributed by atoms with Gasteiger partial charge in [0.15, 0.2) is 0 Å². The van der Waals surface area contributed by atoms with Gasteiger partial charge in [0.25, 0.3) is 5.91 Å². The van der Waals surface area contributed by atoms with E-state index in [4.69, 9.17) is 0 Å². The maximum atomic E-state index is 12.6. The van der Waals surface area contributed by atoms with E-state index in [-0.39, 0.29) is 0 Å². The molecule has 3 rings (SSSR count). The Kier molecular flexibility index (Phi) is 5.91. The number of thiophene rings is 1. The predicted octanol–water partition coefficient (Wildman–Crippen LogP) is 3.38. The number of amides is 2. The quantitative estimate of drug-likeness (QED) is 0.702. The van der Waals surface area contributed by atoms with E-state index in [1.54, 1.807) is 5.38 Å². The molecule has 0 bridgehead atoms. The average molecular weight is 386 g/mol. The van der Waals surface area contributed by atoms with E-state index in [9.17, 15) is 19.5 Å². The molecule has 0 radical (unpaired) electrons. The molecule has 1 fully saturated rings. The minimum absolute atomic E-state index is 0.408. The van der Waals surface area contributed by atoms with E-state index < -0.39 is 29.6 Å². The van der Waals surface area contributed by atoms with Gasteiger partial charge in [-0.05, 0) is 25.3 Å². The zero-order valence-corrected chi connectivity index (χ0v) is 15.8. The molecule has 0 spiro atoms. The fourth-order valence-corrected chi connectivity index (χ4v) is 4.47. The fraction of sp³-hybridized carbons (Fsp3) is 0.350. The summed E-state index contributed by atoms with van der Waals surface area (Å²) in [6.45, 7) is 1.95. The molecule has 2 atom stereocenters. The van der Waals surface area contributed by atoms with Crippen molar-refractivity contribution in [1.82, 2.24) is 10.9 Å². The van der Waals surface area contributed by atoms with Gasteiger partial charge in [-0.2, -0.15) is 0 Å². The Morgan fingerprint density at radius 1 is 1.04 bits per heavy atom. The van der Waals surface area contributed by atoms with Crippen LogP contribution in [0.1, 0.15) is 40.9 Å². The first kappa shape index (κ1) is 19.1. The summed E-state index contributed by atoms with van der Waals surface area (Å²) in [4.78, 5) is 37.4. The number of aliphatic carboxylic acids is 1. The van der Waals surface area contributed by atoms with E-state index in [1.165, 1.54) is 11.3 Å². The summed E-state index contributed by atoms with van der Waals surface area (Å²) in [5.41, 5.74) is 7.15. The van der Waals surface area contributed by atoms with E-state index in [0.717, 1.165) is 28.8 Å². The lowest BCUT2D eigenvalue weighted by atomic mass is 9.79. The van der Waals surface area contributed by atoms with Crippen molar-refractivity contribution in [3.8, 4) is 11.1 Å². The van der Waals surface area contributed by atoms with Gasteiger partial charge in [-0.3, -0.25) is 25.2 Å². The van der Waals surface area contributed by atoms with Crippen LogP contribution < -0.4 is 10.9 Å². The molecule has 6 nitrogen and oxygen atoms in total. The molecule has 1 aromatic carbocycles. The summed E-state index contributed by atoms with van der Waals surface area (Å²) in [7, 11) is 0. The van der Waals surface area contributed by atoms with E-state index in [1.807, 2.05) is 37.3 Å². The second-order valence-electron chi connectivity index (χ2n) is 6.73. The number of carbonyl (C=O) groups excluding carboxylic acids is 2. The maximum absolute atomic E-state index is 12.6. The normalized spacial score (nSPS) is 19.3. The molecule has 142 valence electrons. The molecular weight excluding hydrogens is 364 g/mol. The summed E-state index contributed by atoms with van der Waals surface area (Å²) in [6, 6.07) is 9.60. The molecule has 7 heteroatoms. The highest BCUT2D eigenvalue weighted by Crippen LogP contribution is 2.32. The first-order valence-corrected chi connectivity index (χ1v) is 9.83. The number of carboxylic acid groups (broad SMARTS) is 1. The van der Waals surface area contributed by atoms with Gasteiger partial charge < -0.3 is 5.11 Å². The van der Waals surface area contributed by atoms with Crippen molar-refractivity contribution in [1.29, 1.82) is 0 Å². The largest absolute Gasteiger partial charge is 0.481 e. The summed E-state index contributed by atoms with van der Waals surface area (Å²) in [5.74, 6) is -3.12. The van der Waals surface area contributed by atoms with Gasteiger partial charge in [-0.1, -0.05) is 43.2 Å². The molecule has 0 saturated heterocycles. The lowest BCUT2D eigenvalue weighted by Gasteiger charge is -2.27. The molecule has 1 aromatic heterocycles. The first-order valence-electron chi connectivity index (χ1n) is 8.95. The average Bonchev–Trinajstić information content (AvgIpc) is 3.08. The van der Waals surface area contributed by atoms with Crippen LogP contribution in [0.25, 0.3) is 11.1 Å². The highest BCUT2D eigenvalue weighted by atomic mass is 32.1. The molecule has 0 aliphatic heterocycles. The Labute approximate surface area is 161 Å². The second kappa shape index (κ2) is 8.35. The number of carbonyl (C=O) groups is 3. The number of nitrogens with one attached hydrogen (secondary N) is 2. The highest BCUT2D eigenvalue weighted by molar-refractivity contribution is 7.10. The molecule has 1 heterocycles. The SMILES string of the molecule is Cc1scc(C(=O)NNC(=O)[C@H]2CCCC[C@H]2C(=O)O)c1-c1ccccc1. The predicted molar refractivity (Wildman–Crippen MR) is 103 cm³/mol. The molecule has 0 unspecified atom stereocenters. The van der Waals surface area contributed by atoms with Crippen LogP contribution in [0.5, 0.6) is 0 Å². The van der Waals surface area contributed by atoms with Crippen molar-refractivity contribution in [2.75, 3.05) is 0 Å². The molecular formula is C20H22N2O4S. The molecule has 1 aliphatic carbocycles. The van der Waals surface area contributed by atoms with Gasteiger partial charge >= 0.3 is 5.97 Å². The minimum Gasteiger partial charge on any atom is -0.481 e. The third-order valence-electron chi connectivity index (χ3n) is 5.00. The first-order chi connectivity index (χ1) is 13.0. The van der Waals surface area contributed by atoms with Crippen LogP contribution >= 0.6 is 11.3 Å². The van der Waals surface area contributed by atoms with Gasteiger partial charge in [0, 0.05) is 15.8 Å². The molecule has 1 aliphatic rings. The minimum atomic E-state index is -0.957.